The van der Waals surface area contributed by atoms with E-state index in [1.807, 2.05) is 42.5 Å². The van der Waals surface area contributed by atoms with Crippen LogP contribution in [0.15, 0.2) is 72.1 Å². The van der Waals surface area contributed by atoms with Crippen LogP contribution in [0.5, 0.6) is 0 Å². The summed E-state index contributed by atoms with van der Waals surface area (Å²) < 4.78 is 0. The molecule has 116 valence electrons. The molecule has 0 bridgehead atoms. The van der Waals surface area contributed by atoms with Gasteiger partial charge in [0.15, 0.2) is 0 Å². The van der Waals surface area contributed by atoms with E-state index in [-0.39, 0.29) is 0 Å². The quantitative estimate of drug-likeness (QED) is 0.586. The van der Waals surface area contributed by atoms with Gasteiger partial charge in [-0.3, -0.25) is 4.98 Å². The molecule has 0 aliphatic rings. The van der Waals surface area contributed by atoms with E-state index in [0.717, 1.165) is 22.0 Å². The molecule has 7 heteroatoms. The van der Waals surface area contributed by atoms with Crippen LogP contribution in [0.1, 0.15) is 5.56 Å². The SMILES string of the molecule is C(=Nn1nnnc1Nc1cccc2ccccc12)c1ccncc1. The lowest BCUT2D eigenvalue weighted by atomic mass is 10.1. The number of pyridine rings is 1. The van der Waals surface area contributed by atoms with Crippen molar-refractivity contribution in [2.24, 2.45) is 5.10 Å². The Hall–Kier alpha value is -3.61. The monoisotopic (exact) mass is 315 g/mol. The van der Waals surface area contributed by atoms with E-state index in [4.69, 9.17) is 0 Å². The van der Waals surface area contributed by atoms with Crippen LogP contribution in [-0.2, 0) is 0 Å². The first-order chi connectivity index (χ1) is 11.9. The molecule has 0 unspecified atom stereocenters. The van der Waals surface area contributed by atoms with Crippen molar-refractivity contribution in [1.29, 1.82) is 0 Å². The molecule has 2 heterocycles. The number of benzene rings is 2. The molecule has 0 atom stereocenters. The highest BCUT2D eigenvalue weighted by atomic mass is 15.7. The number of hydrogen-bond acceptors (Lipinski definition) is 6. The van der Waals surface area contributed by atoms with E-state index in [1.165, 1.54) is 4.79 Å². The topological polar surface area (TPSA) is 80.9 Å². The largest absolute Gasteiger partial charge is 0.321 e. The third-order valence-corrected chi connectivity index (χ3v) is 3.51. The number of aromatic nitrogens is 5. The predicted molar refractivity (Wildman–Crippen MR) is 92.3 cm³/mol. The molecule has 2 aromatic heterocycles. The number of tetrazole rings is 1. The molecule has 0 radical (unpaired) electrons. The lowest BCUT2D eigenvalue weighted by Gasteiger charge is -2.07. The Morgan fingerprint density at radius 1 is 0.958 bits per heavy atom. The summed E-state index contributed by atoms with van der Waals surface area (Å²) in [6.45, 7) is 0. The van der Waals surface area contributed by atoms with Crippen molar-refractivity contribution >= 4 is 28.6 Å². The molecule has 0 saturated heterocycles. The first-order valence-corrected chi connectivity index (χ1v) is 7.38. The van der Waals surface area contributed by atoms with Crippen LogP contribution in [0, 0.1) is 0 Å². The second kappa shape index (κ2) is 6.25. The first-order valence-electron chi connectivity index (χ1n) is 7.38. The van der Waals surface area contributed by atoms with Crippen LogP contribution < -0.4 is 5.32 Å². The Balaban J connectivity index is 1.64. The summed E-state index contributed by atoms with van der Waals surface area (Å²) in [6, 6.07) is 17.8. The Bertz CT molecular complexity index is 987. The van der Waals surface area contributed by atoms with Gasteiger partial charge in [-0.2, -0.15) is 5.10 Å². The summed E-state index contributed by atoms with van der Waals surface area (Å²) in [5, 5.41) is 21.3. The molecule has 24 heavy (non-hydrogen) atoms. The molecule has 7 nitrogen and oxygen atoms in total. The first kappa shape index (κ1) is 14.0. The van der Waals surface area contributed by atoms with Crippen molar-refractivity contribution in [3.63, 3.8) is 0 Å². The van der Waals surface area contributed by atoms with Crippen LogP contribution >= 0.6 is 0 Å². The second-order valence-corrected chi connectivity index (χ2v) is 5.07. The third kappa shape index (κ3) is 2.82. The van der Waals surface area contributed by atoms with Gasteiger partial charge in [-0.25, -0.2) is 0 Å². The number of fused-ring (bicyclic) bond motifs is 1. The number of nitrogens with zero attached hydrogens (tertiary/aromatic N) is 6. The molecule has 4 aromatic rings. The van der Waals surface area contributed by atoms with Crippen molar-refractivity contribution in [1.82, 2.24) is 25.3 Å². The lowest BCUT2D eigenvalue weighted by Crippen LogP contribution is -2.01. The molecule has 0 aliphatic heterocycles. The molecule has 0 aliphatic carbocycles. The summed E-state index contributed by atoms with van der Waals surface area (Å²) in [7, 11) is 0. The van der Waals surface area contributed by atoms with Gasteiger partial charge >= 0.3 is 0 Å². The molecule has 0 amide bonds. The fourth-order valence-corrected chi connectivity index (χ4v) is 2.36. The molecular formula is C17H13N7. The summed E-state index contributed by atoms with van der Waals surface area (Å²) in [5.41, 5.74) is 1.83. The molecule has 0 fully saturated rings. The third-order valence-electron chi connectivity index (χ3n) is 3.51. The number of hydrogen-bond donors (Lipinski definition) is 1. The zero-order valence-corrected chi connectivity index (χ0v) is 12.6. The van der Waals surface area contributed by atoms with Gasteiger partial charge in [-0.1, -0.05) is 46.3 Å². The van der Waals surface area contributed by atoms with Crippen LogP contribution in [0.4, 0.5) is 11.6 Å². The van der Waals surface area contributed by atoms with Crippen LogP contribution in [0.2, 0.25) is 0 Å². The highest BCUT2D eigenvalue weighted by molar-refractivity contribution is 5.94. The predicted octanol–water partition coefficient (Wildman–Crippen LogP) is 2.85. The van der Waals surface area contributed by atoms with Gasteiger partial charge in [0.1, 0.15) is 0 Å². The molecule has 2 aromatic carbocycles. The Labute approximate surface area is 137 Å². The fourth-order valence-electron chi connectivity index (χ4n) is 2.36. The zero-order chi connectivity index (χ0) is 16.2. The fraction of sp³-hybridized carbons (Fsp3) is 0. The van der Waals surface area contributed by atoms with Gasteiger partial charge in [0.2, 0.25) is 0 Å². The minimum absolute atomic E-state index is 0.441. The van der Waals surface area contributed by atoms with E-state index in [2.05, 4.69) is 43.1 Å². The van der Waals surface area contributed by atoms with Crippen LogP contribution in [-0.4, -0.2) is 31.5 Å². The van der Waals surface area contributed by atoms with Crippen molar-refractivity contribution in [2.45, 2.75) is 0 Å². The van der Waals surface area contributed by atoms with Crippen LogP contribution in [0.25, 0.3) is 10.8 Å². The van der Waals surface area contributed by atoms with Crippen molar-refractivity contribution in [2.75, 3.05) is 5.32 Å². The van der Waals surface area contributed by atoms with Gasteiger partial charge in [0.05, 0.1) is 6.21 Å². The van der Waals surface area contributed by atoms with E-state index in [0.29, 0.717) is 5.95 Å². The normalized spacial score (nSPS) is 11.2. The molecule has 0 saturated carbocycles. The minimum atomic E-state index is 0.441. The van der Waals surface area contributed by atoms with E-state index >= 15 is 0 Å². The highest BCUT2D eigenvalue weighted by Gasteiger charge is 2.07. The van der Waals surface area contributed by atoms with Gasteiger partial charge in [0.25, 0.3) is 5.95 Å². The van der Waals surface area contributed by atoms with E-state index < -0.39 is 0 Å². The van der Waals surface area contributed by atoms with E-state index in [9.17, 15) is 0 Å². The molecule has 0 spiro atoms. The van der Waals surface area contributed by atoms with Crippen molar-refractivity contribution < 1.29 is 0 Å². The maximum Gasteiger partial charge on any atom is 0.269 e. The zero-order valence-electron chi connectivity index (χ0n) is 12.6. The number of rotatable bonds is 4. The van der Waals surface area contributed by atoms with Gasteiger partial charge in [-0.05, 0) is 39.6 Å². The standard InChI is InChI=1S/C17H13N7/c1-2-6-15-14(4-1)5-3-7-16(15)20-17-21-22-23-24(17)19-12-13-8-10-18-11-9-13/h1-12H,(H,20,21,23). The molecule has 1 N–H and O–H groups in total. The molecular weight excluding hydrogens is 302 g/mol. The summed E-state index contributed by atoms with van der Waals surface area (Å²) >= 11 is 0. The lowest BCUT2D eigenvalue weighted by molar-refractivity contribution is 0.699. The van der Waals surface area contributed by atoms with Gasteiger partial charge < -0.3 is 5.32 Å². The van der Waals surface area contributed by atoms with Crippen molar-refractivity contribution in [3.8, 4) is 0 Å². The van der Waals surface area contributed by atoms with Gasteiger partial charge in [0, 0.05) is 23.5 Å². The number of anilines is 2. The average Bonchev–Trinajstić information content (AvgIpc) is 3.08. The number of nitrogens with one attached hydrogen (secondary N) is 1. The Morgan fingerprint density at radius 3 is 2.71 bits per heavy atom. The van der Waals surface area contributed by atoms with Gasteiger partial charge in [-0.15, -0.1) is 0 Å². The smallest absolute Gasteiger partial charge is 0.269 e. The Kier molecular flexibility index (Phi) is 3.65. The average molecular weight is 315 g/mol. The summed E-state index contributed by atoms with van der Waals surface area (Å²) in [4.78, 5) is 5.32. The Morgan fingerprint density at radius 2 is 1.79 bits per heavy atom. The molecule has 4 rings (SSSR count). The maximum atomic E-state index is 4.28. The maximum absolute atomic E-state index is 4.28. The van der Waals surface area contributed by atoms with Crippen molar-refractivity contribution in [3.05, 3.63) is 72.6 Å². The summed E-state index contributed by atoms with van der Waals surface area (Å²) in [5.74, 6) is 0.441. The highest BCUT2D eigenvalue weighted by Crippen LogP contribution is 2.25. The summed E-state index contributed by atoms with van der Waals surface area (Å²) in [6.07, 6.45) is 5.08. The van der Waals surface area contributed by atoms with Crippen LogP contribution in [0.3, 0.4) is 0 Å². The second-order valence-electron chi connectivity index (χ2n) is 5.07. The van der Waals surface area contributed by atoms with E-state index in [1.54, 1.807) is 18.6 Å². The minimum Gasteiger partial charge on any atom is -0.321 e.